The number of halogens is 1. The lowest BCUT2D eigenvalue weighted by atomic mass is 10.0. The smallest absolute Gasteiger partial charge is 0.241 e. The molecule has 18 heavy (non-hydrogen) atoms. The Bertz CT molecular complexity index is 421. The molecule has 0 bridgehead atoms. The normalized spacial score (nSPS) is 12.3. The fourth-order valence-corrected chi connectivity index (χ4v) is 1.57. The van der Waals surface area contributed by atoms with Crippen molar-refractivity contribution in [1.82, 2.24) is 0 Å². The van der Waals surface area contributed by atoms with Gasteiger partial charge in [0, 0.05) is 6.07 Å². The van der Waals surface area contributed by atoms with E-state index in [2.05, 4.69) is 5.32 Å². The van der Waals surface area contributed by atoms with Crippen molar-refractivity contribution >= 4 is 11.6 Å². The molecule has 0 heterocycles. The maximum Gasteiger partial charge on any atom is 0.241 e. The van der Waals surface area contributed by atoms with E-state index in [1.807, 2.05) is 13.8 Å². The maximum absolute atomic E-state index is 13.5. The summed E-state index contributed by atoms with van der Waals surface area (Å²) in [6.07, 6.45) is 0.553. The minimum absolute atomic E-state index is 0.0820. The SMILES string of the molecule is COc1ccc(F)c(NC(=O)[C@H](N)CC(C)C)c1. The summed E-state index contributed by atoms with van der Waals surface area (Å²) in [7, 11) is 1.48. The number of rotatable bonds is 5. The molecule has 0 unspecified atom stereocenters. The van der Waals surface area contributed by atoms with Crippen molar-refractivity contribution in [3.8, 4) is 5.75 Å². The summed E-state index contributed by atoms with van der Waals surface area (Å²) >= 11 is 0. The third-order valence-corrected chi connectivity index (χ3v) is 2.49. The third-order valence-electron chi connectivity index (χ3n) is 2.49. The second kappa shape index (κ2) is 6.35. The van der Waals surface area contributed by atoms with Crippen LogP contribution in [0.15, 0.2) is 18.2 Å². The summed E-state index contributed by atoms with van der Waals surface area (Å²) in [5, 5.41) is 2.47. The molecule has 0 fully saturated rings. The summed E-state index contributed by atoms with van der Waals surface area (Å²) in [5.41, 5.74) is 5.80. The Labute approximate surface area is 106 Å². The number of hydrogen-bond donors (Lipinski definition) is 2. The van der Waals surface area contributed by atoms with E-state index in [0.29, 0.717) is 18.1 Å². The van der Waals surface area contributed by atoms with Crippen LogP contribution in [0.2, 0.25) is 0 Å². The number of ether oxygens (including phenoxy) is 1. The number of hydrogen-bond acceptors (Lipinski definition) is 3. The number of benzene rings is 1. The Balaban J connectivity index is 2.74. The zero-order valence-corrected chi connectivity index (χ0v) is 10.9. The zero-order valence-electron chi connectivity index (χ0n) is 10.9. The Morgan fingerprint density at radius 3 is 2.72 bits per heavy atom. The highest BCUT2D eigenvalue weighted by Crippen LogP contribution is 2.21. The van der Waals surface area contributed by atoms with Crippen molar-refractivity contribution in [1.29, 1.82) is 0 Å². The van der Waals surface area contributed by atoms with Gasteiger partial charge in [-0.2, -0.15) is 0 Å². The molecule has 4 nitrogen and oxygen atoms in total. The lowest BCUT2D eigenvalue weighted by Gasteiger charge is -2.15. The first kappa shape index (κ1) is 14.4. The fourth-order valence-electron chi connectivity index (χ4n) is 1.57. The predicted molar refractivity (Wildman–Crippen MR) is 69.0 cm³/mol. The molecule has 0 aromatic heterocycles. The van der Waals surface area contributed by atoms with E-state index in [4.69, 9.17) is 10.5 Å². The van der Waals surface area contributed by atoms with Crippen molar-refractivity contribution in [2.45, 2.75) is 26.3 Å². The van der Waals surface area contributed by atoms with Gasteiger partial charge in [-0.1, -0.05) is 13.8 Å². The average molecular weight is 254 g/mol. The number of methoxy groups -OCH3 is 1. The summed E-state index contributed by atoms with van der Waals surface area (Å²) < 4.78 is 18.4. The van der Waals surface area contributed by atoms with Gasteiger partial charge in [0.25, 0.3) is 0 Å². The minimum atomic E-state index is -0.643. The van der Waals surface area contributed by atoms with Crippen molar-refractivity contribution < 1.29 is 13.9 Å². The van der Waals surface area contributed by atoms with Crippen molar-refractivity contribution in [3.05, 3.63) is 24.0 Å². The number of anilines is 1. The maximum atomic E-state index is 13.5. The van der Waals surface area contributed by atoms with Crippen LogP contribution in [0.3, 0.4) is 0 Å². The van der Waals surface area contributed by atoms with Gasteiger partial charge in [0.2, 0.25) is 5.91 Å². The number of carbonyl (C=O) groups is 1. The molecule has 0 saturated heterocycles. The number of nitrogens with one attached hydrogen (secondary N) is 1. The Morgan fingerprint density at radius 1 is 1.50 bits per heavy atom. The highest BCUT2D eigenvalue weighted by molar-refractivity contribution is 5.94. The summed E-state index contributed by atoms with van der Waals surface area (Å²) in [6.45, 7) is 3.94. The van der Waals surface area contributed by atoms with Gasteiger partial charge in [-0.05, 0) is 24.5 Å². The first-order valence-electron chi connectivity index (χ1n) is 5.84. The molecular weight excluding hydrogens is 235 g/mol. The van der Waals surface area contributed by atoms with Gasteiger partial charge in [-0.3, -0.25) is 4.79 Å². The monoisotopic (exact) mass is 254 g/mol. The molecule has 0 aliphatic rings. The first-order chi connectivity index (χ1) is 8.43. The van der Waals surface area contributed by atoms with E-state index < -0.39 is 17.8 Å². The molecule has 1 aromatic carbocycles. The fraction of sp³-hybridized carbons (Fsp3) is 0.462. The largest absolute Gasteiger partial charge is 0.497 e. The van der Waals surface area contributed by atoms with E-state index in [9.17, 15) is 9.18 Å². The molecular formula is C13H19FN2O2. The Morgan fingerprint density at radius 2 is 2.17 bits per heavy atom. The van der Waals surface area contributed by atoms with Gasteiger partial charge in [-0.25, -0.2) is 4.39 Å². The molecule has 3 N–H and O–H groups in total. The molecule has 0 spiro atoms. The lowest BCUT2D eigenvalue weighted by molar-refractivity contribution is -0.117. The standard InChI is InChI=1S/C13H19FN2O2/c1-8(2)6-11(15)13(17)16-12-7-9(18-3)4-5-10(12)14/h4-5,7-8,11H,6,15H2,1-3H3,(H,16,17)/t11-/m1/s1. The van der Waals surface area contributed by atoms with E-state index in [0.717, 1.165) is 0 Å². The van der Waals surface area contributed by atoms with Crippen LogP contribution in [0.5, 0.6) is 5.75 Å². The van der Waals surface area contributed by atoms with Gasteiger partial charge >= 0.3 is 0 Å². The molecule has 1 amide bonds. The molecule has 0 saturated carbocycles. The van der Waals surface area contributed by atoms with Crippen LogP contribution in [-0.2, 0) is 4.79 Å². The minimum Gasteiger partial charge on any atom is -0.497 e. The third kappa shape index (κ3) is 4.00. The quantitative estimate of drug-likeness (QED) is 0.846. The van der Waals surface area contributed by atoms with Crippen LogP contribution in [0.1, 0.15) is 20.3 Å². The number of carbonyl (C=O) groups excluding carboxylic acids is 1. The van der Waals surface area contributed by atoms with Crippen molar-refractivity contribution in [2.75, 3.05) is 12.4 Å². The molecule has 0 radical (unpaired) electrons. The molecule has 0 aliphatic heterocycles. The first-order valence-corrected chi connectivity index (χ1v) is 5.84. The van der Waals surface area contributed by atoms with Crippen LogP contribution in [0, 0.1) is 11.7 Å². The van der Waals surface area contributed by atoms with E-state index >= 15 is 0 Å². The van der Waals surface area contributed by atoms with Crippen LogP contribution in [-0.4, -0.2) is 19.1 Å². The second-order valence-corrected chi connectivity index (χ2v) is 4.57. The highest BCUT2D eigenvalue weighted by atomic mass is 19.1. The van der Waals surface area contributed by atoms with E-state index in [1.54, 1.807) is 0 Å². The van der Waals surface area contributed by atoms with Gasteiger partial charge in [-0.15, -0.1) is 0 Å². The second-order valence-electron chi connectivity index (χ2n) is 4.57. The predicted octanol–water partition coefficient (Wildman–Crippen LogP) is 2.15. The van der Waals surface area contributed by atoms with Crippen molar-refractivity contribution in [3.63, 3.8) is 0 Å². The molecule has 100 valence electrons. The van der Waals surface area contributed by atoms with Crippen LogP contribution < -0.4 is 15.8 Å². The Kier molecular flexibility index (Phi) is 5.09. The van der Waals surface area contributed by atoms with Crippen LogP contribution in [0.25, 0.3) is 0 Å². The lowest BCUT2D eigenvalue weighted by Crippen LogP contribution is -2.36. The van der Waals surface area contributed by atoms with Crippen molar-refractivity contribution in [2.24, 2.45) is 11.7 Å². The topological polar surface area (TPSA) is 64.3 Å². The van der Waals surface area contributed by atoms with Crippen LogP contribution >= 0.6 is 0 Å². The van der Waals surface area contributed by atoms with Gasteiger partial charge in [0.1, 0.15) is 11.6 Å². The van der Waals surface area contributed by atoms with E-state index in [1.165, 1.54) is 25.3 Å². The van der Waals surface area contributed by atoms with Gasteiger partial charge in [0.15, 0.2) is 0 Å². The zero-order chi connectivity index (χ0) is 13.7. The number of nitrogens with two attached hydrogens (primary N) is 1. The summed E-state index contributed by atoms with van der Waals surface area (Å²) in [4.78, 5) is 11.8. The molecule has 1 atom stereocenters. The Hall–Kier alpha value is -1.62. The van der Waals surface area contributed by atoms with Gasteiger partial charge < -0.3 is 15.8 Å². The average Bonchev–Trinajstić information content (AvgIpc) is 2.31. The molecule has 0 aliphatic carbocycles. The molecule has 5 heteroatoms. The highest BCUT2D eigenvalue weighted by Gasteiger charge is 2.16. The molecule has 1 rings (SSSR count). The van der Waals surface area contributed by atoms with Crippen LogP contribution in [0.4, 0.5) is 10.1 Å². The van der Waals surface area contributed by atoms with Gasteiger partial charge in [0.05, 0.1) is 18.8 Å². The number of amides is 1. The summed E-state index contributed by atoms with van der Waals surface area (Å²) in [5.74, 6) is -0.123. The molecule has 1 aromatic rings. The summed E-state index contributed by atoms with van der Waals surface area (Å²) in [6, 6.07) is 3.51. The van der Waals surface area contributed by atoms with E-state index in [-0.39, 0.29) is 5.69 Å².